The van der Waals surface area contributed by atoms with Gasteiger partial charge in [0.25, 0.3) is 0 Å². The fourth-order valence-corrected chi connectivity index (χ4v) is 2.39. The average Bonchev–Trinajstić information content (AvgIpc) is 2.72. The molecule has 4 heteroatoms. The molecular formula is C13H19FN2O. The van der Waals surface area contributed by atoms with Gasteiger partial charge in [-0.25, -0.2) is 4.39 Å². The van der Waals surface area contributed by atoms with Gasteiger partial charge in [0.2, 0.25) is 0 Å². The largest absolute Gasteiger partial charge is 0.376 e. The minimum atomic E-state index is -0.295. The molecule has 94 valence electrons. The topological polar surface area (TPSA) is 34.2 Å². The van der Waals surface area contributed by atoms with E-state index < -0.39 is 0 Å². The van der Waals surface area contributed by atoms with Crippen molar-refractivity contribution in [3.63, 3.8) is 0 Å². The van der Waals surface area contributed by atoms with Crippen molar-refractivity contribution < 1.29 is 9.13 Å². The summed E-state index contributed by atoms with van der Waals surface area (Å²) in [7, 11) is 0. The van der Waals surface area contributed by atoms with Gasteiger partial charge in [-0.3, -0.25) is 4.98 Å². The van der Waals surface area contributed by atoms with Gasteiger partial charge in [-0.1, -0.05) is 13.8 Å². The lowest BCUT2D eigenvalue weighted by molar-refractivity contribution is 0.0610. The molecule has 1 fully saturated rings. The molecule has 0 aliphatic carbocycles. The van der Waals surface area contributed by atoms with E-state index in [0.29, 0.717) is 5.92 Å². The van der Waals surface area contributed by atoms with Gasteiger partial charge in [0, 0.05) is 12.8 Å². The van der Waals surface area contributed by atoms with Gasteiger partial charge in [-0.2, -0.15) is 0 Å². The van der Waals surface area contributed by atoms with Crippen LogP contribution in [0.5, 0.6) is 0 Å². The highest BCUT2D eigenvalue weighted by molar-refractivity contribution is 5.17. The number of likely N-dealkylation sites (N-methyl/N-ethyl adjacent to an activating group) is 1. The molecule has 0 saturated carbocycles. The molecule has 0 aromatic carbocycles. The summed E-state index contributed by atoms with van der Waals surface area (Å²) < 4.78 is 19.0. The predicted molar refractivity (Wildman–Crippen MR) is 64.1 cm³/mol. The van der Waals surface area contributed by atoms with E-state index in [9.17, 15) is 4.39 Å². The number of rotatable bonds is 4. The van der Waals surface area contributed by atoms with E-state index in [-0.39, 0.29) is 18.0 Å². The molecule has 1 aromatic rings. The SMILES string of the molecule is CCNC(c1cncc(F)c1)C1OCCC1C. The van der Waals surface area contributed by atoms with Crippen LogP contribution in [0.4, 0.5) is 4.39 Å². The molecule has 17 heavy (non-hydrogen) atoms. The minimum Gasteiger partial charge on any atom is -0.376 e. The number of halogens is 1. The fraction of sp³-hybridized carbons (Fsp3) is 0.615. The van der Waals surface area contributed by atoms with Crippen LogP contribution in [0.3, 0.4) is 0 Å². The second kappa shape index (κ2) is 5.56. The predicted octanol–water partition coefficient (Wildman–Crippen LogP) is 2.30. The highest BCUT2D eigenvalue weighted by atomic mass is 19.1. The van der Waals surface area contributed by atoms with Crippen LogP contribution in [0.2, 0.25) is 0 Å². The zero-order valence-corrected chi connectivity index (χ0v) is 10.3. The van der Waals surface area contributed by atoms with Crippen LogP contribution >= 0.6 is 0 Å². The molecule has 2 rings (SSSR count). The van der Waals surface area contributed by atoms with Gasteiger partial charge in [0.05, 0.1) is 18.3 Å². The quantitative estimate of drug-likeness (QED) is 0.874. The lowest BCUT2D eigenvalue weighted by atomic mass is 9.93. The highest BCUT2D eigenvalue weighted by Gasteiger charge is 2.32. The second-order valence-electron chi connectivity index (χ2n) is 4.57. The van der Waals surface area contributed by atoms with E-state index in [0.717, 1.165) is 25.1 Å². The summed E-state index contributed by atoms with van der Waals surface area (Å²) in [4.78, 5) is 3.91. The molecule has 3 unspecified atom stereocenters. The molecule has 2 heterocycles. The van der Waals surface area contributed by atoms with Crippen molar-refractivity contribution in [3.05, 3.63) is 29.8 Å². The van der Waals surface area contributed by atoms with Crippen molar-refractivity contribution in [1.82, 2.24) is 10.3 Å². The Hall–Kier alpha value is -1.00. The molecule has 0 radical (unpaired) electrons. The maximum Gasteiger partial charge on any atom is 0.141 e. The third-order valence-corrected chi connectivity index (χ3v) is 3.28. The number of nitrogens with one attached hydrogen (secondary N) is 1. The van der Waals surface area contributed by atoms with Crippen molar-refractivity contribution >= 4 is 0 Å². The first-order chi connectivity index (χ1) is 8.22. The van der Waals surface area contributed by atoms with Crippen LogP contribution in [0.15, 0.2) is 18.5 Å². The van der Waals surface area contributed by atoms with Gasteiger partial charge in [0.15, 0.2) is 0 Å². The van der Waals surface area contributed by atoms with Crippen molar-refractivity contribution in [1.29, 1.82) is 0 Å². The summed E-state index contributed by atoms with van der Waals surface area (Å²) in [6.07, 6.45) is 4.12. The molecule has 1 aromatic heterocycles. The lowest BCUT2D eigenvalue weighted by Gasteiger charge is -2.27. The summed E-state index contributed by atoms with van der Waals surface area (Å²) in [5, 5.41) is 3.37. The standard InChI is InChI=1S/C13H19FN2O/c1-3-16-12(13-9(2)4-5-17-13)10-6-11(14)8-15-7-10/h6-9,12-13,16H,3-5H2,1-2H3. The van der Waals surface area contributed by atoms with Crippen LogP contribution < -0.4 is 5.32 Å². The van der Waals surface area contributed by atoms with Crippen LogP contribution in [-0.2, 0) is 4.74 Å². The monoisotopic (exact) mass is 238 g/mol. The Balaban J connectivity index is 2.22. The normalized spacial score (nSPS) is 26.1. The fourth-order valence-electron chi connectivity index (χ4n) is 2.39. The first-order valence-electron chi connectivity index (χ1n) is 6.17. The van der Waals surface area contributed by atoms with E-state index in [1.165, 1.54) is 12.3 Å². The third-order valence-electron chi connectivity index (χ3n) is 3.28. The summed E-state index contributed by atoms with van der Waals surface area (Å²) in [6.45, 7) is 5.83. The first kappa shape index (κ1) is 12.5. The minimum absolute atomic E-state index is 0.0284. The number of aromatic nitrogens is 1. The number of hydrogen-bond acceptors (Lipinski definition) is 3. The lowest BCUT2D eigenvalue weighted by Crippen LogP contribution is -2.34. The van der Waals surface area contributed by atoms with Gasteiger partial charge in [-0.15, -0.1) is 0 Å². The Kier molecular flexibility index (Phi) is 4.07. The average molecular weight is 238 g/mol. The van der Waals surface area contributed by atoms with E-state index in [1.54, 1.807) is 6.20 Å². The van der Waals surface area contributed by atoms with Crippen molar-refractivity contribution in [3.8, 4) is 0 Å². The molecule has 0 amide bonds. The number of pyridine rings is 1. The maximum absolute atomic E-state index is 13.2. The zero-order valence-electron chi connectivity index (χ0n) is 10.3. The number of ether oxygens (including phenoxy) is 1. The Morgan fingerprint density at radius 3 is 3.00 bits per heavy atom. The van der Waals surface area contributed by atoms with Gasteiger partial charge < -0.3 is 10.1 Å². The van der Waals surface area contributed by atoms with E-state index in [2.05, 4.69) is 17.2 Å². The third kappa shape index (κ3) is 2.82. The van der Waals surface area contributed by atoms with Crippen molar-refractivity contribution in [2.75, 3.05) is 13.2 Å². The summed E-state index contributed by atoms with van der Waals surface area (Å²) in [5.74, 6) is 0.193. The zero-order chi connectivity index (χ0) is 12.3. The molecule has 1 aliphatic heterocycles. The molecule has 1 N–H and O–H groups in total. The molecular weight excluding hydrogens is 219 g/mol. The molecule has 1 saturated heterocycles. The van der Waals surface area contributed by atoms with Crippen molar-refractivity contribution in [2.24, 2.45) is 5.92 Å². The van der Waals surface area contributed by atoms with E-state index in [4.69, 9.17) is 4.74 Å². The van der Waals surface area contributed by atoms with Gasteiger partial charge >= 0.3 is 0 Å². The number of nitrogens with zero attached hydrogens (tertiary/aromatic N) is 1. The summed E-state index contributed by atoms with van der Waals surface area (Å²) >= 11 is 0. The molecule has 3 atom stereocenters. The molecule has 1 aliphatic rings. The molecule has 0 bridgehead atoms. The Labute approximate surface area is 101 Å². The van der Waals surface area contributed by atoms with Gasteiger partial charge in [0.1, 0.15) is 5.82 Å². The smallest absolute Gasteiger partial charge is 0.141 e. The first-order valence-corrected chi connectivity index (χ1v) is 6.17. The van der Waals surface area contributed by atoms with Crippen LogP contribution in [0.25, 0.3) is 0 Å². The van der Waals surface area contributed by atoms with E-state index >= 15 is 0 Å². The highest BCUT2D eigenvalue weighted by Crippen LogP contribution is 2.31. The van der Waals surface area contributed by atoms with Crippen LogP contribution in [0.1, 0.15) is 31.9 Å². The van der Waals surface area contributed by atoms with Crippen LogP contribution in [-0.4, -0.2) is 24.2 Å². The van der Waals surface area contributed by atoms with Crippen LogP contribution in [0, 0.1) is 11.7 Å². The Morgan fingerprint density at radius 1 is 1.59 bits per heavy atom. The Morgan fingerprint density at radius 2 is 2.41 bits per heavy atom. The summed E-state index contributed by atoms with van der Waals surface area (Å²) in [6, 6.07) is 1.56. The van der Waals surface area contributed by atoms with Crippen molar-refractivity contribution in [2.45, 2.75) is 32.4 Å². The molecule has 3 nitrogen and oxygen atoms in total. The molecule has 0 spiro atoms. The second-order valence-corrected chi connectivity index (χ2v) is 4.57. The number of hydrogen-bond donors (Lipinski definition) is 1. The van der Waals surface area contributed by atoms with E-state index in [1.807, 2.05) is 6.92 Å². The van der Waals surface area contributed by atoms with Gasteiger partial charge in [-0.05, 0) is 30.5 Å². The maximum atomic E-state index is 13.2. The summed E-state index contributed by atoms with van der Waals surface area (Å²) in [5.41, 5.74) is 0.866. The Bertz CT molecular complexity index is 372.